The highest BCUT2D eigenvalue weighted by Crippen LogP contribution is 2.56. The third-order valence-corrected chi connectivity index (χ3v) is 4.69. The first-order valence-corrected chi connectivity index (χ1v) is 7.23. The van der Waals surface area contributed by atoms with Gasteiger partial charge >= 0.3 is 7.75 Å². The Balaban J connectivity index is 2.15. The number of rotatable bonds is 5. The second-order valence-corrected chi connectivity index (χ2v) is 5.63. The molecular formula is C10H18NO4P. The van der Waals surface area contributed by atoms with E-state index in [1.807, 2.05) is 12.2 Å². The summed E-state index contributed by atoms with van der Waals surface area (Å²) < 4.78 is 23.0. The molecule has 1 fully saturated rings. The normalized spacial score (nSPS) is 29.9. The maximum atomic E-state index is 12.5. The summed E-state index contributed by atoms with van der Waals surface area (Å²) in [5.74, 6) is 0. The predicted octanol–water partition coefficient (Wildman–Crippen LogP) is 2.50. The topological polar surface area (TPSA) is 48.0 Å². The molecular weight excluding hydrogens is 229 g/mol. The number of hydrogen-bond acceptors (Lipinski definition) is 4. The van der Waals surface area contributed by atoms with Gasteiger partial charge in [-0.05, 0) is 26.7 Å². The molecule has 16 heavy (non-hydrogen) atoms. The van der Waals surface area contributed by atoms with Crippen LogP contribution < -0.4 is 0 Å². The van der Waals surface area contributed by atoms with Crippen molar-refractivity contribution >= 4 is 7.75 Å². The molecule has 0 aromatic carbocycles. The first-order chi connectivity index (χ1) is 7.69. The fourth-order valence-corrected chi connectivity index (χ4v) is 3.73. The summed E-state index contributed by atoms with van der Waals surface area (Å²) in [7, 11) is -3.28. The Morgan fingerprint density at radius 3 is 2.38 bits per heavy atom. The molecule has 2 bridgehead atoms. The van der Waals surface area contributed by atoms with E-state index in [4.69, 9.17) is 13.9 Å². The van der Waals surface area contributed by atoms with E-state index < -0.39 is 7.75 Å². The Morgan fingerprint density at radius 2 is 2.00 bits per heavy atom. The van der Waals surface area contributed by atoms with Crippen LogP contribution in [0, 0.1) is 0 Å². The van der Waals surface area contributed by atoms with E-state index >= 15 is 0 Å². The fraction of sp³-hybridized carbons (Fsp3) is 0.800. The van der Waals surface area contributed by atoms with Crippen molar-refractivity contribution in [2.45, 2.75) is 38.8 Å². The second-order valence-electron chi connectivity index (χ2n) is 3.78. The monoisotopic (exact) mass is 247 g/mol. The van der Waals surface area contributed by atoms with Gasteiger partial charge < -0.3 is 0 Å². The van der Waals surface area contributed by atoms with Crippen LogP contribution in [0.5, 0.6) is 0 Å². The maximum absolute atomic E-state index is 12.5. The highest BCUT2D eigenvalue weighted by molar-refractivity contribution is 7.51. The molecule has 0 unspecified atom stereocenters. The van der Waals surface area contributed by atoms with Gasteiger partial charge in [0.1, 0.15) is 0 Å². The number of hydroxylamine groups is 1. The maximum Gasteiger partial charge on any atom is 0.431 e. The Labute approximate surface area is 95.9 Å². The number of nitrogens with zero attached hydrogens (tertiary/aromatic N) is 1. The van der Waals surface area contributed by atoms with Crippen molar-refractivity contribution in [3.8, 4) is 0 Å². The van der Waals surface area contributed by atoms with Crippen molar-refractivity contribution in [2.24, 2.45) is 0 Å². The van der Waals surface area contributed by atoms with Gasteiger partial charge in [-0.15, -0.1) is 0 Å². The van der Waals surface area contributed by atoms with Crippen LogP contribution in [0.25, 0.3) is 0 Å². The lowest BCUT2D eigenvalue weighted by Crippen LogP contribution is -2.44. The van der Waals surface area contributed by atoms with Gasteiger partial charge in [0.2, 0.25) is 0 Å². The smallest absolute Gasteiger partial charge is 0.296 e. The zero-order valence-corrected chi connectivity index (χ0v) is 10.6. The van der Waals surface area contributed by atoms with Gasteiger partial charge in [-0.2, -0.15) is 0 Å². The van der Waals surface area contributed by atoms with Crippen LogP contribution in [0.15, 0.2) is 12.2 Å². The molecule has 0 aromatic heterocycles. The van der Waals surface area contributed by atoms with Crippen molar-refractivity contribution in [1.82, 2.24) is 4.83 Å². The summed E-state index contributed by atoms with van der Waals surface area (Å²) in [6.45, 7) is 4.28. The first-order valence-electron chi connectivity index (χ1n) is 5.73. The van der Waals surface area contributed by atoms with Crippen LogP contribution in [0.3, 0.4) is 0 Å². The Hall–Kier alpha value is -0.190. The molecule has 0 aromatic rings. The highest BCUT2D eigenvalue weighted by Gasteiger charge is 2.44. The number of hydrogen-bond donors (Lipinski definition) is 0. The van der Waals surface area contributed by atoms with Crippen LogP contribution in [0.1, 0.15) is 26.7 Å². The minimum atomic E-state index is -3.28. The molecule has 2 atom stereocenters. The molecule has 92 valence electrons. The summed E-state index contributed by atoms with van der Waals surface area (Å²) in [6.07, 6.45) is 5.94. The van der Waals surface area contributed by atoms with Crippen molar-refractivity contribution in [3.63, 3.8) is 0 Å². The van der Waals surface area contributed by atoms with Gasteiger partial charge in [-0.1, -0.05) is 17.0 Å². The van der Waals surface area contributed by atoms with E-state index in [2.05, 4.69) is 0 Å². The molecule has 0 N–H and O–H groups in total. The predicted molar refractivity (Wildman–Crippen MR) is 59.7 cm³/mol. The van der Waals surface area contributed by atoms with E-state index in [1.165, 1.54) is 4.83 Å². The zero-order valence-electron chi connectivity index (χ0n) is 9.67. The Bertz CT molecular complexity index is 310. The Kier molecular flexibility index (Phi) is 3.82. The summed E-state index contributed by atoms with van der Waals surface area (Å²) in [5, 5.41) is 0. The number of fused-ring (bicyclic) bond motifs is 2. The van der Waals surface area contributed by atoms with Crippen LogP contribution in [-0.2, 0) is 18.5 Å². The molecule has 5 nitrogen and oxygen atoms in total. The van der Waals surface area contributed by atoms with Gasteiger partial charge in [-0.25, -0.2) is 4.57 Å². The third-order valence-electron chi connectivity index (χ3n) is 2.65. The first kappa shape index (κ1) is 12.3. The van der Waals surface area contributed by atoms with Crippen LogP contribution in [0.2, 0.25) is 0 Å². The van der Waals surface area contributed by atoms with E-state index in [1.54, 1.807) is 13.8 Å². The van der Waals surface area contributed by atoms with Crippen molar-refractivity contribution < 1.29 is 18.5 Å². The van der Waals surface area contributed by atoms with Gasteiger partial charge in [0, 0.05) is 0 Å². The van der Waals surface area contributed by atoms with E-state index in [-0.39, 0.29) is 12.1 Å². The summed E-state index contributed by atoms with van der Waals surface area (Å²) >= 11 is 0. The minimum Gasteiger partial charge on any atom is -0.296 e. The van der Waals surface area contributed by atoms with E-state index in [0.29, 0.717) is 13.2 Å². The molecule has 1 aliphatic carbocycles. The summed E-state index contributed by atoms with van der Waals surface area (Å²) in [5.41, 5.74) is 0. The average Bonchev–Trinajstić information content (AvgIpc) is 2.31. The fourth-order valence-electron chi connectivity index (χ4n) is 1.99. The second kappa shape index (κ2) is 4.98. The highest BCUT2D eigenvalue weighted by atomic mass is 31.2. The lowest BCUT2D eigenvalue weighted by atomic mass is 10.00. The van der Waals surface area contributed by atoms with Crippen LogP contribution >= 0.6 is 7.75 Å². The van der Waals surface area contributed by atoms with Gasteiger partial charge in [0.25, 0.3) is 0 Å². The largest absolute Gasteiger partial charge is 0.431 e. The average molecular weight is 247 g/mol. The SMILES string of the molecule is CCOP(=O)(OCC)N1O[C@@H]2C=C[C@H]1CC2. The quantitative estimate of drug-likeness (QED) is 0.551. The molecule has 0 radical (unpaired) electrons. The standard InChI is InChI=1S/C10H18NO4P/c1-3-13-16(12,14-4-2)11-9-5-7-10(15-11)8-6-9/h5,7,9-10H,3-4,6,8H2,1-2H3/t9-,10+/m0/s1. The van der Waals surface area contributed by atoms with Crippen molar-refractivity contribution in [2.75, 3.05) is 13.2 Å². The van der Waals surface area contributed by atoms with Gasteiger partial charge in [0.05, 0.1) is 25.4 Å². The molecule has 0 amide bonds. The van der Waals surface area contributed by atoms with Gasteiger partial charge in [-0.3, -0.25) is 13.9 Å². The molecule has 2 heterocycles. The molecule has 3 aliphatic rings. The molecule has 0 saturated carbocycles. The van der Waals surface area contributed by atoms with E-state index in [9.17, 15) is 4.57 Å². The molecule has 3 rings (SSSR count). The summed E-state index contributed by atoms with van der Waals surface area (Å²) in [4.78, 5) is 7.01. The molecule has 6 heteroatoms. The molecule has 0 spiro atoms. The zero-order chi connectivity index (χ0) is 11.6. The molecule has 2 aliphatic heterocycles. The van der Waals surface area contributed by atoms with Crippen LogP contribution in [0.4, 0.5) is 0 Å². The van der Waals surface area contributed by atoms with Crippen LogP contribution in [-0.4, -0.2) is 30.2 Å². The summed E-state index contributed by atoms with van der Waals surface area (Å²) in [6, 6.07) is 0.00827. The lowest BCUT2D eigenvalue weighted by Gasteiger charge is -2.42. The van der Waals surface area contributed by atoms with Crippen molar-refractivity contribution in [1.29, 1.82) is 0 Å². The van der Waals surface area contributed by atoms with E-state index in [0.717, 1.165) is 12.8 Å². The van der Waals surface area contributed by atoms with Gasteiger partial charge in [0.15, 0.2) is 0 Å². The lowest BCUT2D eigenvalue weighted by molar-refractivity contribution is -0.187. The Morgan fingerprint density at radius 1 is 1.31 bits per heavy atom. The minimum absolute atomic E-state index is 0.00827. The third kappa shape index (κ3) is 2.24. The molecule has 1 saturated heterocycles. The van der Waals surface area contributed by atoms with Crippen molar-refractivity contribution in [3.05, 3.63) is 12.2 Å².